The van der Waals surface area contributed by atoms with Crippen LogP contribution < -0.4 is 0 Å². The summed E-state index contributed by atoms with van der Waals surface area (Å²) in [7, 11) is -1.48. The number of nitrogens with zero attached hydrogens (tertiary/aromatic N) is 1. The quantitative estimate of drug-likeness (QED) is 0.484. The summed E-state index contributed by atoms with van der Waals surface area (Å²) in [5, 5.41) is 0.300. The van der Waals surface area contributed by atoms with Crippen LogP contribution in [0.15, 0.2) is 30.3 Å². The summed E-state index contributed by atoms with van der Waals surface area (Å²) in [6, 6.07) is 11.0. The first-order valence-electron chi connectivity index (χ1n) is 10.7. The van der Waals surface area contributed by atoms with Crippen molar-refractivity contribution in [1.29, 1.82) is 0 Å². The summed E-state index contributed by atoms with van der Waals surface area (Å²) in [4.78, 5) is 15.0. The zero-order chi connectivity index (χ0) is 21.4. The molecule has 1 aromatic rings. The van der Waals surface area contributed by atoms with E-state index in [1.165, 1.54) is 0 Å². The zero-order valence-corrected chi connectivity index (χ0v) is 20.0. The van der Waals surface area contributed by atoms with Crippen LogP contribution in [0.4, 0.5) is 0 Å². The Bertz CT molecular complexity index is 713. The molecule has 0 aliphatic carbocycles. The molecule has 0 spiro atoms. The highest BCUT2D eigenvalue weighted by Gasteiger charge is 2.55. The Morgan fingerprint density at radius 3 is 2.41 bits per heavy atom. The average Bonchev–Trinajstić information content (AvgIpc) is 2.98. The van der Waals surface area contributed by atoms with E-state index in [-0.39, 0.29) is 18.1 Å². The Balaban J connectivity index is 1.69. The SMILES string of the molecule is CC1(C)OCC([C@H]2[C@@H](OCc3ccccc3)C(=O)N2CC[Si](C)(C)C(C)(C)C)O1. The van der Waals surface area contributed by atoms with E-state index < -0.39 is 20.0 Å². The van der Waals surface area contributed by atoms with Gasteiger partial charge in [-0.1, -0.05) is 64.2 Å². The van der Waals surface area contributed by atoms with Crippen molar-refractivity contribution in [3.8, 4) is 0 Å². The van der Waals surface area contributed by atoms with Gasteiger partial charge in [-0.3, -0.25) is 4.79 Å². The van der Waals surface area contributed by atoms with Gasteiger partial charge < -0.3 is 19.1 Å². The van der Waals surface area contributed by atoms with Crippen molar-refractivity contribution in [2.24, 2.45) is 0 Å². The van der Waals surface area contributed by atoms with Gasteiger partial charge in [0.05, 0.1) is 27.3 Å². The van der Waals surface area contributed by atoms with Gasteiger partial charge in [-0.05, 0) is 30.5 Å². The summed E-state index contributed by atoms with van der Waals surface area (Å²) < 4.78 is 18.0. The molecule has 0 saturated carbocycles. The lowest BCUT2D eigenvalue weighted by atomic mass is 9.92. The molecule has 1 amide bonds. The second-order valence-corrected chi connectivity index (χ2v) is 16.3. The Kier molecular flexibility index (Phi) is 6.31. The topological polar surface area (TPSA) is 48.0 Å². The Morgan fingerprint density at radius 1 is 1.21 bits per heavy atom. The molecule has 3 atom stereocenters. The summed E-state index contributed by atoms with van der Waals surface area (Å²) in [6.45, 7) is 17.3. The molecule has 3 rings (SSSR count). The fraction of sp³-hybridized carbons (Fsp3) is 0.696. The fourth-order valence-electron chi connectivity index (χ4n) is 3.78. The highest BCUT2D eigenvalue weighted by atomic mass is 28.3. The third-order valence-corrected chi connectivity index (χ3v) is 12.4. The molecule has 0 N–H and O–H groups in total. The van der Waals surface area contributed by atoms with Gasteiger partial charge >= 0.3 is 0 Å². The molecule has 2 saturated heterocycles. The van der Waals surface area contributed by atoms with Crippen molar-refractivity contribution in [1.82, 2.24) is 4.90 Å². The number of likely N-dealkylation sites (tertiary alicyclic amines) is 1. The first-order chi connectivity index (χ1) is 13.4. The van der Waals surface area contributed by atoms with Crippen LogP contribution in [0.25, 0.3) is 0 Å². The molecule has 0 radical (unpaired) electrons. The second-order valence-electron chi connectivity index (χ2n) is 10.5. The highest BCUT2D eigenvalue weighted by molar-refractivity contribution is 6.80. The van der Waals surface area contributed by atoms with E-state index in [0.717, 1.165) is 18.2 Å². The Morgan fingerprint density at radius 2 is 1.86 bits per heavy atom. The molecule has 162 valence electrons. The molecule has 29 heavy (non-hydrogen) atoms. The molecule has 2 fully saturated rings. The average molecular weight is 420 g/mol. The Labute approximate surface area is 176 Å². The smallest absolute Gasteiger partial charge is 0.254 e. The number of ether oxygens (including phenoxy) is 3. The number of hydrogen-bond donors (Lipinski definition) is 0. The van der Waals surface area contributed by atoms with Gasteiger partial charge in [0.25, 0.3) is 5.91 Å². The molecule has 0 aromatic heterocycles. The van der Waals surface area contributed by atoms with Crippen LogP contribution in [0.1, 0.15) is 40.2 Å². The van der Waals surface area contributed by atoms with E-state index in [0.29, 0.717) is 18.3 Å². The zero-order valence-electron chi connectivity index (χ0n) is 19.0. The number of carbonyl (C=O) groups excluding carboxylic acids is 1. The minimum atomic E-state index is -1.48. The second kappa shape index (κ2) is 8.14. The van der Waals surface area contributed by atoms with Crippen molar-refractivity contribution >= 4 is 14.0 Å². The molecule has 2 aliphatic rings. The summed E-state index contributed by atoms with van der Waals surface area (Å²) >= 11 is 0. The molecule has 2 aliphatic heterocycles. The van der Waals surface area contributed by atoms with Crippen molar-refractivity contribution in [3.63, 3.8) is 0 Å². The van der Waals surface area contributed by atoms with Crippen molar-refractivity contribution < 1.29 is 19.0 Å². The number of benzene rings is 1. The van der Waals surface area contributed by atoms with Crippen LogP contribution in [-0.4, -0.2) is 56.1 Å². The molecule has 1 aromatic carbocycles. The highest BCUT2D eigenvalue weighted by Crippen LogP contribution is 2.40. The standard InChI is InChI=1S/C23H37NO4Si/c1-22(2,3)29(6,7)14-13-24-19(18-16-27-23(4,5)28-18)20(21(24)25)26-15-17-11-9-8-10-12-17/h8-12,18-20H,13-16H2,1-7H3/t18?,19-,20+/m0/s1. The molecule has 6 heteroatoms. The van der Waals surface area contributed by atoms with E-state index in [9.17, 15) is 4.79 Å². The monoisotopic (exact) mass is 419 g/mol. The first-order valence-corrected chi connectivity index (χ1v) is 13.9. The number of rotatable bonds is 7. The fourth-order valence-corrected chi connectivity index (χ4v) is 5.33. The van der Waals surface area contributed by atoms with E-state index in [2.05, 4.69) is 33.9 Å². The van der Waals surface area contributed by atoms with Gasteiger partial charge in [-0.15, -0.1) is 0 Å². The summed E-state index contributed by atoms with van der Waals surface area (Å²) in [5.41, 5.74) is 1.07. The van der Waals surface area contributed by atoms with Crippen LogP contribution in [0.3, 0.4) is 0 Å². The maximum atomic E-state index is 13.0. The van der Waals surface area contributed by atoms with Crippen LogP contribution in [-0.2, 0) is 25.6 Å². The molecular weight excluding hydrogens is 382 g/mol. The molecular formula is C23H37NO4Si. The maximum Gasteiger partial charge on any atom is 0.254 e. The van der Waals surface area contributed by atoms with Gasteiger partial charge in [-0.2, -0.15) is 0 Å². The van der Waals surface area contributed by atoms with Crippen LogP contribution >= 0.6 is 0 Å². The van der Waals surface area contributed by atoms with Crippen LogP contribution in [0, 0.1) is 0 Å². The third-order valence-electron chi connectivity index (χ3n) is 6.89. The molecule has 2 heterocycles. The van der Waals surface area contributed by atoms with E-state index in [1.54, 1.807) is 0 Å². The van der Waals surface area contributed by atoms with Gasteiger partial charge in [0.2, 0.25) is 0 Å². The van der Waals surface area contributed by atoms with Crippen LogP contribution in [0.2, 0.25) is 24.2 Å². The first kappa shape index (κ1) is 22.5. The van der Waals surface area contributed by atoms with Crippen molar-refractivity contribution in [2.75, 3.05) is 13.2 Å². The van der Waals surface area contributed by atoms with Gasteiger partial charge in [0.1, 0.15) is 6.10 Å². The minimum Gasteiger partial charge on any atom is -0.361 e. The molecule has 5 nitrogen and oxygen atoms in total. The van der Waals surface area contributed by atoms with Gasteiger partial charge in [0, 0.05) is 6.54 Å². The lowest BCUT2D eigenvalue weighted by Crippen LogP contribution is -2.70. The van der Waals surface area contributed by atoms with E-state index >= 15 is 0 Å². The predicted octanol–water partition coefficient (Wildman–Crippen LogP) is 4.44. The number of amides is 1. The van der Waals surface area contributed by atoms with E-state index in [4.69, 9.17) is 14.2 Å². The summed E-state index contributed by atoms with van der Waals surface area (Å²) in [6.07, 6.45) is -0.611. The van der Waals surface area contributed by atoms with E-state index in [1.807, 2.05) is 49.1 Å². The number of β-lactam (4-membered cyclic amide) rings is 1. The van der Waals surface area contributed by atoms with Crippen molar-refractivity contribution in [2.45, 2.75) is 89.4 Å². The number of hydrogen-bond acceptors (Lipinski definition) is 4. The predicted molar refractivity (Wildman–Crippen MR) is 117 cm³/mol. The molecule has 0 bridgehead atoms. The van der Waals surface area contributed by atoms with Gasteiger partial charge in [-0.25, -0.2) is 0 Å². The largest absolute Gasteiger partial charge is 0.361 e. The third kappa shape index (κ3) is 4.93. The minimum absolute atomic E-state index is 0.0814. The Hall–Kier alpha value is -1.21. The van der Waals surface area contributed by atoms with Crippen LogP contribution in [0.5, 0.6) is 0 Å². The normalized spacial score (nSPS) is 27.2. The molecule has 1 unspecified atom stereocenters. The lowest BCUT2D eigenvalue weighted by molar-refractivity contribution is -0.197. The van der Waals surface area contributed by atoms with Gasteiger partial charge in [0.15, 0.2) is 11.9 Å². The summed E-state index contributed by atoms with van der Waals surface area (Å²) in [5.74, 6) is -0.531. The number of carbonyl (C=O) groups is 1. The maximum absolute atomic E-state index is 13.0. The van der Waals surface area contributed by atoms with Crippen molar-refractivity contribution in [3.05, 3.63) is 35.9 Å². The lowest BCUT2D eigenvalue weighted by Gasteiger charge is -2.50.